The molecule has 0 saturated heterocycles. The Kier molecular flexibility index (Phi) is 15.3. The maximum atomic E-state index is 13.9. The zero-order chi connectivity index (χ0) is 52.7. The van der Waals surface area contributed by atoms with E-state index in [0.717, 1.165) is 85.9 Å². The summed E-state index contributed by atoms with van der Waals surface area (Å²) in [5, 5.41) is 29.8. The van der Waals surface area contributed by atoms with E-state index < -0.39 is 27.8 Å². The monoisotopic (exact) mass is 1050 g/mol. The van der Waals surface area contributed by atoms with Crippen molar-refractivity contribution in [2.75, 3.05) is 0 Å². The van der Waals surface area contributed by atoms with E-state index in [9.17, 15) is 10.2 Å². The van der Waals surface area contributed by atoms with E-state index in [0.29, 0.717) is 33.2 Å². The summed E-state index contributed by atoms with van der Waals surface area (Å²) in [5.74, 6) is 1.78. The third-order valence-corrected chi connectivity index (χ3v) is 30.6. The second-order valence-electron chi connectivity index (χ2n) is 22.2. The molecular weight excluding hydrogens is 977 g/mol. The number of hydrogen-bond donors (Lipinski definition) is 2. The van der Waals surface area contributed by atoms with Gasteiger partial charge in [0.05, 0.1) is 0 Å². The molecule has 0 saturated carbocycles. The van der Waals surface area contributed by atoms with Gasteiger partial charge in [-0.3, -0.25) is 0 Å². The van der Waals surface area contributed by atoms with Gasteiger partial charge in [-0.25, -0.2) is 0 Å². The van der Waals surface area contributed by atoms with Crippen LogP contribution in [0.2, 0.25) is 33.2 Å². The molecule has 382 valence electrons. The van der Waals surface area contributed by atoms with Crippen molar-refractivity contribution < 1.29 is 19.1 Å². The lowest BCUT2D eigenvalue weighted by Gasteiger charge is -2.42. The number of thiophene rings is 2. The average Bonchev–Trinajstić information content (AvgIpc) is 3.97. The van der Waals surface area contributed by atoms with Crippen LogP contribution in [0.4, 0.5) is 0 Å². The highest BCUT2D eigenvalue weighted by molar-refractivity contribution is 7.24. The van der Waals surface area contributed by atoms with Crippen LogP contribution >= 0.6 is 22.7 Å². The highest BCUT2D eigenvalue weighted by atomic mass is 32.1. The minimum Gasteiger partial charge on any atom is -0.543 e. The standard InChI is InChI=1S/C66H74O4S2Si2/c1-43(2)73(44(3)4,45(5)6)69-55-37-33-49(34-38-55)63-61(65(67,51-25-17-13-18-26-51)52-27-19-14-20-28-52)57-41-60-58(42-59(57)71-63)62(66(68,53-29-21-15-22-30-53)54-31-23-16-24-32-54)64(72-60)50-35-39-56(40-36-50)70-74(46(7)8,47(9)10)48(11)12/h13-48,67-68H,1-12H3. The maximum absolute atomic E-state index is 13.9. The molecule has 0 spiro atoms. The van der Waals surface area contributed by atoms with Gasteiger partial charge in [-0.2, -0.15) is 0 Å². The van der Waals surface area contributed by atoms with Crippen LogP contribution in [0.15, 0.2) is 182 Å². The van der Waals surface area contributed by atoms with Crippen molar-refractivity contribution in [2.45, 2.75) is 128 Å². The minimum absolute atomic E-state index is 0.433. The quantitative estimate of drug-likeness (QED) is 0.0841. The lowest BCUT2D eigenvalue weighted by molar-refractivity contribution is 0.128. The van der Waals surface area contributed by atoms with Crippen molar-refractivity contribution in [1.29, 1.82) is 0 Å². The van der Waals surface area contributed by atoms with E-state index in [1.165, 1.54) is 0 Å². The average molecular weight is 1050 g/mol. The first-order chi connectivity index (χ1) is 35.4. The first-order valence-corrected chi connectivity index (χ1v) is 32.6. The fourth-order valence-corrected chi connectivity index (χ4v) is 26.0. The van der Waals surface area contributed by atoms with Gasteiger partial charge in [0, 0.05) is 41.1 Å². The summed E-state index contributed by atoms with van der Waals surface area (Å²) in [4.78, 5) is 1.95. The topological polar surface area (TPSA) is 58.9 Å². The fraction of sp³-hybridized carbons (Fsp3) is 0.303. The Bertz CT molecular complexity index is 2960. The Balaban J connectivity index is 1.33. The van der Waals surface area contributed by atoms with E-state index in [2.05, 4.69) is 144 Å². The summed E-state index contributed by atoms with van der Waals surface area (Å²) in [6.45, 7) is 27.9. The normalized spacial score (nSPS) is 12.9. The number of hydrogen-bond acceptors (Lipinski definition) is 6. The van der Waals surface area contributed by atoms with Gasteiger partial charge in [0.2, 0.25) is 0 Å². The van der Waals surface area contributed by atoms with Crippen LogP contribution in [0.5, 0.6) is 11.5 Å². The van der Waals surface area contributed by atoms with Crippen LogP contribution in [0.1, 0.15) is 116 Å². The molecule has 9 aromatic rings. The van der Waals surface area contributed by atoms with E-state index in [1.54, 1.807) is 22.7 Å². The second-order valence-corrected chi connectivity index (χ2v) is 35.1. The number of benzene rings is 7. The van der Waals surface area contributed by atoms with Crippen LogP contribution < -0.4 is 8.85 Å². The summed E-state index contributed by atoms with van der Waals surface area (Å²) in [6.07, 6.45) is 0. The predicted octanol–water partition coefficient (Wildman–Crippen LogP) is 19.1. The zero-order valence-corrected chi connectivity index (χ0v) is 48.9. The molecule has 7 aromatic carbocycles. The van der Waals surface area contributed by atoms with Crippen LogP contribution in [0.3, 0.4) is 0 Å². The summed E-state index contributed by atoms with van der Waals surface area (Å²) in [7, 11) is -4.45. The third-order valence-electron chi connectivity index (χ3n) is 16.2. The molecule has 0 aliphatic rings. The molecule has 0 aliphatic heterocycles. The molecular formula is C66H74O4S2Si2. The number of rotatable bonds is 18. The molecule has 2 N–H and O–H groups in total. The molecule has 0 fully saturated rings. The molecule has 0 radical (unpaired) electrons. The van der Waals surface area contributed by atoms with Crippen LogP contribution in [0, 0.1) is 0 Å². The van der Waals surface area contributed by atoms with Crippen molar-refractivity contribution in [3.05, 3.63) is 215 Å². The van der Waals surface area contributed by atoms with E-state index in [-0.39, 0.29) is 0 Å². The van der Waals surface area contributed by atoms with Gasteiger partial charge in [-0.15, -0.1) is 22.7 Å². The molecule has 0 unspecified atom stereocenters. The molecule has 0 aliphatic carbocycles. The van der Waals surface area contributed by atoms with Gasteiger partial charge in [0.25, 0.3) is 16.6 Å². The molecule has 0 atom stereocenters. The van der Waals surface area contributed by atoms with Crippen molar-refractivity contribution >= 4 is 59.5 Å². The van der Waals surface area contributed by atoms with Crippen LogP contribution in [-0.4, -0.2) is 26.8 Å². The van der Waals surface area contributed by atoms with Crippen molar-refractivity contribution in [2.24, 2.45) is 0 Å². The highest BCUT2D eigenvalue weighted by Crippen LogP contribution is 2.55. The molecule has 74 heavy (non-hydrogen) atoms. The number of aliphatic hydroxyl groups is 2. The fourth-order valence-electron chi connectivity index (χ4n) is 12.9. The lowest BCUT2D eigenvalue weighted by atomic mass is 9.77. The largest absolute Gasteiger partial charge is 0.543 e. The molecule has 2 heterocycles. The summed E-state index contributed by atoms with van der Waals surface area (Å²) in [5.41, 5.74) is 6.31. The Morgan fingerprint density at radius 2 is 0.595 bits per heavy atom. The molecule has 2 aromatic heterocycles. The van der Waals surface area contributed by atoms with E-state index in [4.69, 9.17) is 8.85 Å². The van der Waals surface area contributed by atoms with Gasteiger partial charge in [-0.1, -0.05) is 204 Å². The summed E-state index contributed by atoms with van der Waals surface area (Å²) >= 11 is 3.38. The summed E-state index contributed by atoms with van der Waals surface area (Å²) in [6, 6.07) is 62.2. The zero-order valence-electron chi connectivity index (χ0n) is 45.3. The SMILES string of the molecule is CC(C)[Si](Oc1ccc(-c2sc3cc4c(C(O)(c5ccccc5)c5ccccc5)c(-c5ccc(O[Si](C(C)C)(C(C)C)C(C)C)cc5)sc4cc3c2C(O)(c2ccccc2)c2ccccc2)cc1)(C(C)C)C(C)C. The Morgan fingerprint density at radius 1 is 0.351 bits per heavy atom. The van der Waals surface area contributed by atoms with Gasteiger partial charge in [0.1, 0.15) is 22.7 Å². The maximum Gasteiger partial charge on any atom is 0.258 e. The molecule has 8 heteroatoms. The Hall–Kier alpha value is -5.59. The van der Waals surface area contributed by atoms with Crippen molar-refractivity contribution in [3.8, 4) is 32.4 Å². The molecule has 0 bridgehead atoms. The highest BCUT2D eigenvalue weighted by Gasteiger charge is 2.49. The number of fused-ring (bicyclic) bond motifs is 2. The Morgan fingerprint density at radius 3 is 0.824 bits per heavy atom. The molecule has 9 rings (SSSR count). The summed E-state index contributed by atoms with van der Waals surface area (Å²) < 4.78 is 16.4. The van der Waals surface area contributed by atoms with Crippen molar-refractivity contribution in [1.82, 2.24) is 0 Å². The van der Waals surface area contributed by atoms with E-state index >= 15 is 0 Å². The second kappa shape index (κ2) is 21.2. The predicted molar refractivity (Wildman–Crippen MR) is 321 cm³/mol. The van der Waals surface area contributed by atoms with Gasteiger partial charge < -0.3 is 19.1 Å². The lowest BCUT2D eigenvalue weighted by Crippen LogP contribution is -2.50. The van der Waals surface area contributed by atoms with Gasteiger partial charge >= 0.3 is 0 Å². The Labute approximate surface area is 451 Å². The van der Waals surface area contributed by atoms with Crippen molar-refractivity contribution in [3.63, 3.8) is 0 Å². The minimum atomic E-state index is -2.23. The molecule has 4 nitrogen and oxygen atoms in total. The van der Waals surface area contributed by atoms with Gasteiger partial charge in [0.15, 0.2) is 0 Å². The molecule has 0 amide bonds. The first kappa shape index (κ1) is 53.2. The smallest absolute Gasteiger partial charge is 0.258 e. The van der Waals surface area contributed by atoms with E-state index in [1.807, 2.05) is 121 Å². The first-order valence-electron chi connectivity index (χ1n) is 26.7. The van der Waals surface area contributed by atoms with Crippen LogP contribution in [0.25, 0.3) is 41.1 Å². The van der Waals surface area contributed by atoms with Gasteiger partial charge in [-0.05, 0) is 127 Å². The third kappa shape index (κ3) is 9.13. The van der Waals surface area contributed by atoms with Crippen LogP contribution in [-0.2, 0) is 11.2 Å².